The van der Waals surface area contributed by atoms with Crippen LogP contribution in [0.15, 0.2) is 30.3 Å². The van der Waals surface area contributed by atoms with Gasteiger partial charge in [0, 0.05) is 29.6 Å². The van der Waals surface area contributed by atoms with Gasteiger partial charge in [-0.25, -0.2) is 13.1 Å². The van der Waals surface area contributed by atoms with Gasteiger partial charge in [0.2, 0.25) is 10.0 Å². The Hall–Kier alpha value is -1.99. The highest BCUT2D eigenvalue weighted by Gasteiger charge is 2.28. The number of aromatic nitrogens is 1. The highest BCUT2D eigenvalue weighted by atomic mass is 32.2. The fourth-order valence-electron chi connectivity index (χ4n) is 4.11. The Morgan fingerprint density at radius 3 is 2.71 bits per heavy atom. The molecular weight excluding hydrogens is 374 g/mol. The second kappa shape index (κ2) is 7.79. The van der Waals surface area contributed by atoms with E-state index >= 15 is 0 Å². The number of fused-ring (bicyclic) bond motifs is 1. The van der Waals surface area contributed by atoms with Crippen LogP contribution in [0.4, 0.5) is 0 Å². The Balaban J connectivity index is 1.49. The lowest BCUT2D eigenvalue weighted by Gasteiger charge is -2.30. The predicted molar refractivity (Wildman–Crippen MR) is 110 cm³/mol. The molecule has 2 fully saturated rings. The molecule has 4 rings (SSSR count). The molecule has 2 atom stereocenters. The summed E-state index contributed by atoms with van der Waals surface area (Å²) in [7, 11) is -3.18. The van der Waals surface area contributed by atoms with Crippen LogP contribution >= 0.6 is 0 Å². The highest BCUT2D eigenvalue weighted by molar-refractivity contribution is 7.88. The van der Waals surface area contributed by atoms with Gasteiger partial charge in [0.25, 0.3) is 5.91 Å². The van der Waals surface area contributed by atoms with Crippen LogP contribution in [-0.4, -0.2) is 38.2 Å². The van der Waals surface area contributed by atoms with Crippen LogP contribution in [-0.2, 0) is 10.0 Å². The first-order valence-corrected chi connectivity index (χ1v) is 11.9. The number of sulfonamides is 1. The maximum Gasteiger partial charge on any atom is 0.252 e. The molecular formula is C21H27N3O3S. The molecule has 2 aliphatic rings. The van der Waals surface area contributed by atoms with Gasteiger partial charge in [0.15, 0.2) is 0 Å². The number of hydrogen-bond acceptors (Lipinski definition) is 4. The minimum atomic E-state index is -3.18. The van der Waals surface area contributed by atoms with Gasteiger partial charge in [-0.2, -0.15) is 0 Å². The highest BCUT2D eigenvalue weighted by Crippen LogP contribution is 2.40. The summed E-state index contributed by atoms with van der Waals surface area (Å²) in [4.78, 5) is 17.8. The number of hydrogen-bond donors (Lipinski definition) is 2. The van der Waals surface area contributed by atoms with Crippen molar-refractivity contribution in [2.24, 2.45) is 5.92 Å². The molecule has 0 spiro atoms. The van der Waals surface area contributed by atoms with E-state index in [1.807, 2.05) is 30.3 Å². The summed E-state index contributed by atoms with van der Waals surface area (Å²) in [6.07, 6.45) is 7.17. The molecule has 1 heterocycles. The maximum absolute atomic E-state index is 13.1. The maximum atomic E-state index is 13.1. The van der Waals surface area contributed by atoms with Crippen molar-refractivity contribution >= 4 is 26.8 Å². The predicted octanol–water partition coefficient (Wildman–Crippen LogP) is 2.95. The minimum absolute atomic E-state index is 0.0535. The van der Waals surface area contributed by atoms with E-state index in [1.54, 1.807) is 0 Å². The average molecular weight is 402 g/mol. The summed E-state index contributed by atoms with van der Waals surface area (Å²) in [6.45, 7) is 0.440. The van der Waals surface area contributed by atoms with Crippen LogP contribution in [0.3, 0.4) is 0 Å². The van der Waals surface area contributed by atoms with Crippen molar-refractivity contribution in [2.45, 2.75) is 50.5 Å². The van der Waals surface area contributed by atoms with Crippen molar-refractivity contribution in [2.75, 3.05) is 12.8 Å². The molecule has 6 nitrogen and oxygen atoms in total. The van der Waals surface area contributed by atoms with Crippen molar-refractivity contribution in [1.82, 2.24) is 15.0 Å². The second-order valence-electron chi connectivity index (χ2n) is 8.21. The van der Waals surface area contributed by atoms with Crippen LogP contribution in [0.25, 0.3) is 10.9 Å². The molecule has 2 N–H and O–H groups in total. The largest absolute Gasteiger partial charge is 0.349 e. The number of carbonyl (C=O) groups is 1. The van der Waals surface area contributed by atoms with Crippen molar-refractivity contribution < 1.29 is 13.2 Å². The normalized spacial score (nSPS) is 22.9. The molecule has 0 saturated heterocycles. The van der Waals surface area contributed by atoms with E-state index in [0.717, 1.165) is 55.1 Å². The number of carbonyl (C=O) groups excluding carboxylic acids is 1. The third kappa shape index (κ3) is 4.70. The Morgan fingerprint density at radius 2 is 1.96 bits per heavy atom. The number of para-hydroxylation sites is 1. The number of amides is 1. The summed E-state index contributed by atoms with van der Waals surface area (Å²) in [5, 5.41) is 4.08. The molecule has 0 aliphatic heterocycles. The van der Waals surface area contributed by atoms with Crippen LogP contribution < -0.4 is 10.0 Å². The molecule has 1 aromatic heterocycles. The summed E-state index contributed by atoms with van der Waals surface area (Å²) in [6, 6.07) is 9.84. The van der Waals surface area contributed by atoms with Crippen molar-refractivity contribution in [1.29, 1.82) is 0 Å². The van der Waals surface area contributed by atoms with Crippen molar-refractivity contribution in [3.63, 3.8) is 0 Å². The average Bonchev–Trinajstić information content (AvgIpc) is 3.50. The van der Waals surface area contributed by atoms with E-state index in [1.165, 1.54) is 6.26 Å². The summed E-state index contributed by atoms with van der Waals surface area (Å²) in [5.74, 6) is 0.685. The lowest BCUT2D eigenvalue weighted by Crippen LogP contribution is -2.41. The van der Waals surface area contributed by atoms with Gasteiger partial charge < -0.3 is 5.32 Å². The van der Waals surface area contributed by atoms with Gasteiger partial charge in [0.05, 0.1) is 17.3 Å². The molecule has 2 aliphatic carbocycles. The molecule has 28 heavy (non-hydrogen) atoms. The molecule has 0 unspecified atom stereocenters. The third-order valence-electron chi connectivity index (χ3n) is 5.73. The monoisotopic (exact) mass is 401 g/mol. The first kappa shape index (κ1) is 19.3. The van der Waals surface area contributed by atoms with E-state index in [-0.39, 0.29) is 17.9 Å². The van der Waals surface area contributed by atoms with Crippen LogP contribution in [0.2, 0.25) is 0 Å². The fraction of sp³-hybridized carbons (Fsp3) is 0.524. The van der Waals surface area contributed by atoms with E-state index in [9.17, 15) is 13.2 Å². The Labute approximate surface area is 166 Å². The van der Waals surface area contributed by atoms with E-state index < -0.39 is 10.0 Å². The SMILES string of the molecule is CS(=O)(=O)NC[C@@H]1CCC[C@H](NC(=O)c2cc(C3CC3)nc3ccccc23)C1. The summed E-state index contributed by atoms with van der Waals surface area (Å²) in [5.41, 5.74) is 2.59. The van der Waals surface area contributed by atoms with E-state index in [4.69, 9.17) is 4.98 Å². The standard InChI is InChI=1S/C21H27N3O3S/c1-28(26,27)22-13-14-5-4-6-16(11-14)23-21(25)18-12-20(15-9-10-15)24-19-8-3-2-7-17(18)19/h2-3,7-8,12,14-16,22H,4-6,9-11,13H2,1H3,(H,23,25)/t14-,16+/m1/s1. The first-order chi connectivity index (χ1) is 13.4. The first-order valence-electron chi connectivity index (χ1n) is 10.0. The molecule has 7 heteroatoms. The van der Waals surface area contributed by atoms with Crippen LogP contribution in [0.5, 0.6) is 0 Å². The number of pyridine rings is 1. The Morgan fingerprint density at radius 1 is 1.18 bits per heavy atom. The van der Waals surface area contributed by atoms with Gasteiger partial charge in [-0.05, 0) is 50.2 Å². The van der Waals surface area contributed by atoms with Crippen molar-refractivity contribution in [3.8, 4) is 0 Å². The van der Waals surface area contributed by atoms with Crippen LogP contribution in [0, 0.1) is 5.92 Å². The Bertz CT molecular complexity index is 986. The minimum Gasteiger partial charge on any atom is -0.349 e. The van der Waals surface area contributed by atoms with Gasteiger partial charge >= 0.3 is 0 Å². The topological polar surface area (TPSA) is 88.2 Å². The molecule has 1 aromatic carbocycles. The lowest BCUT2D eigenvalue weighted by molar-refractivity contribution is 0.0921. The van der Waals surface area contributed by atoms with Gasteiger partial charge in [-0.1, -0.05) is 24.6 Å². The zero-order valence-electron chi connectivity index (χ0n) is 16.1. The third-order valence-corrected chi connectivity index (χ3v) is 6.42. The lowest BCUT2D eigenvalue weighted by atomic mass is 9.85. The smallest absolute Gasteiger partial charge is 0.252 e. The Kier molecular flexibility index (Phi) is 5.38. The molecule has 150 valence electrons. The molecule has 2 aromatic rings. The zero-order chi connectivity index (χ0) is 19.7. The second-order valence-corrected chi connectivity index (χ2v) is 10.0. The number of nitrogens with zero attached hydrogens (tertiary/aromatic N) is 1. The molecule has 0 bridgehead atoms. The molecule has 0 radical (unpaired) electrons. The molecule has 1 amide bonds. The quantitative estimate of drug-likeness (QED) is 0.779. The molecule has 2 saturated carbocycles. The van der Waals surface area contributed by atoms with Crippen molar-refractivity contribution in [3.05, 3.63) is 41.6 Å². The van der Waals surface area contributed by atoms with Crippen LogP contribution in [0.1, 0.15) is 60.5 Å². The number of nitrogens with one attached hydrogen (secondary N) is 2. The fourth-order valence-corrected chi connectivity index (χ4v) is 4.65. The van der Waals surface area contributed by atoms with E-state index in [0.29, 0.717) is 18.0 Å². The van der Waals surface area contributed by atoms with E-state index in [2.05, 4.69) is 10.0 Å². The van der Waals surface area contributed by atoms with Gasteiger partial charge in [-0.3, -0.25) is 9.78 Å². The summed E-state index contributed by atoms with van der Waals surface area (Å²) < 4.78 is 25.3. The number of benzene rings is 1. The van der Waals surface area contributed by atoms with Gasteiger partial charge in [0.1, 0.15) is 0 Å². The number of rotatable bonds is 6. The zero-order valence-corrected chi connectivity index (χ0v) is 17.0. The van der Waals surface area contributed by atoms with Gasteiger partial charge in [-0.15, -0.1) is 0 Å². The summed E-state index contributed by atoms with van der Waals surface area (Å²) >= 11 is 0.